The zero-order valence-corrected chi connectivity index (χ0v) is 12.7. The van der Waals surface area contributed by atoms with E-state index in [4.69, 9.17) is 27.6 Å². The molecule has 0 radical (unpaired) electrons. The number of pyridine rings is 1. The number of hydrogen-bond donors (Lipinski definition) is 2. The number of amides is 1. The Morgan fingerprint density at radius 3 is 2.67 bits per heavy atom. The van der Waals surface area contributed by atoms with Crippen molar-refractivity contribution < 1.29 is 14.3 Å². The van der Waals surface area contributed by atoms with Gasteiger partial charge in [0.15, 0.2) is 0 Å². The summed E-state index contributed by atoms with van der Waals surface area (Å²) in [6, 6.07) is 5.98. The average Bonchev–Trinajstić information content (AvgIpc) is 2.91. The number of furan rings is 1. The topological polar surface area (TPSA) is 75.4 Å². The van der Waals surface area contributed by atoms with Crippen molar-refractivity contribution in [2.24, 2.45) is 0 Å². The highest BCUT2D eigenvalue weighted by molar-refractivity contribution is 6.33. The predicted octanol–water partition coefficient (Wildman–Crippen LogP) is 3.22. The lowest BCUT2D eigenvalue weighted by Gasteiger charge is -2.16. The summed E-state index contributed by atoms with van der Waals surface area (Å²) in [6.07, 6.45) is 1.04. The third-order valence-corrected chi connectivity index (χ3v) is 3.24. The molecule has 0 fully saturated rings. The molecule has 0 spiro atoms. The molecule has 21 heavy (non-hydrogen) atoms. The Morgan fingerprint density at radius 2 is 2.10 bits per heavy atom. The highest BCUT2D eigenvalue weighted by Crippen LogP contribution is 2.19. The van der Waals surface area contributed by atoms with Crippen LogP contribution in [0.25, 0.3) is 0 Å². The van der Waals surface area contributed by atoms with Crippen LogP contribution < -0.4 is 5.32 Å². The number of rotatable bonds is 5. The number of halogens is 2. The number of carbonyl (C=O) groups excluding carboxylic acids is 1. The van der Waals surface area contributed by atoms with Gasteiger partial charge in [-0.2, -0.15) is 0 Å². The first kappa shape index (κ1) is 15.8. The van der Waals surface area contributed by atoms with Crippen molar-refractivity contribution >= 4 is 29.1 Å². The summed E-state index contributed by atoms with van der Waals surface area (Å²) >= 11 is 11.5. The van der Waals surface area contributed by atoms with E-state index in [1.54, 1.807) is 19.1 Å². The van der Waals surface area contributed by atoms with E-state index in [0.717, 1.165) is 0 Å². The van der Waals surface area contributed by atoms with Crippen LogP contribution in [0.3, 0.4) is 0 Å². The molecular weight excluding hydrogens is 315 g/mol. The SMILES string of the molecule is CC(CC(O)c1ccco1)NC(=O)c1cc(Cl)nc(Cl)c1. The zero-order chi connectivity index (χ0) is 15.4. The van der Waals surface area contributed by atoms with Crippen LogP contribution in [-0.4, -0.2) is 22.0 Å². The van der Waals surface area contributed by atoms with E-state index in [2.05, 4.69) is 10.3 Å². The first-order valence-electron chi connectivity index (χ1n) is 6.31. The lowest BCUT2D eigenvalue weighted by Crippen LogP contribution is -2.33. The molecule has 2 rings (SSSR count). The van der Waals surface area contributed by atoms with Crippen molar-refractivity contribution in [1.29, 1.82) is 0 Å². The fraction of sp³-hybridized carbons (Fsp3) is 0.286. The maximum absolute atomic E-state index is 12.1. The van der Waals surface area contributed by atoms with Crippen molar-refractivity contribution in [3.63, 3.8) is 0 Å². The van der Waals surface area contributed by atoms with Crippen LogP contribution >= 0.6 is 23.2 Å². The Balaban J connectivity index is 1.95. The molecule has 0 saturated heterocycles. The lowest BCUT2D eigenvalue weighted by molar-refractivity contribution is 0.0903. The zero-order valence-electron chi connectivity index (χ0n) is 11.2. The number of aliphatic hydroxyl groups is 1. The van der Waals surface area contributed by atoms with Gasteiger partial charge in [0.2, 0.25) is 0 Å². The molecule has 2 aromatic rings. The third-order valence-electron chi connectivity index (χ3n) is 2.85. The maximum Gasteiger partial charge on any atom is 0.251 e. The van der Waals surface area contributed by atoms with Gasteiger partial charge >= 0.3 is 0 Å². The molecule has 2 N–H and O–H groups in total. The summed E-state index contributed by atoms with van der Waals surface area (Å²) in [5, 5.41) is 13.0. The highest BCUT2D eigenvalue weighted by atomic mass is 35.5. The van der Waals surface area contributed by atoms with E-state index < -0.39 is 6.10 Å². The summed E-state index contributed by atoms with van der Waals surface area (Å²) in [5.41, 5.74) is 0.319. The lowest BCUT2D eigenvalue weighted by atomic mass is 10.1. The van der Waals surface area contributed by atoms with Crippen LogP contribution in [-0.2, 0) is 0 Å². The number of nitrogens with zero attached hydrogens (tertiary/aromatic N) is 1. The molecule has 0 saturated carbocycles. The van der Waals surface area contributed by atoms with Gasteiger partial charge in [0.05, 0.1) is 6.26 Å². The second-order valence-electron chi connectivity index (χ2n) is 4.64. The van der Waals surface area contributed by atoms with Crippen LogP contribution in [0, 0.1) is 0 Å². The van der Waals surface area contributed by atoms with Crippen molar-refractivity contribution in [1.82, 2.24) is 10.3 Å². The second-order valence-corrected chi connectivity index (χ2v) is 5.42. The summed E-state index contributed by atoms with van der Waals surface area (Å²) in [6.45, 7) is 1.79. The maximum atomic E-state index is 12.1. The van der Waals surface area contributed by atoms with E-state index in [1.165, 1.54) is 18.4 Å². The minimum absolute atomic E-state index is 0.149. The molecule has 0 aliphatic rings. The van der Waals surface area contributed by atoms with E-state index >= 15 is 0 Å². The first-order valence-corrected chi connectivity index (χ1v) is 7.06. The van der Waals surface area contributed by atoms with Crippen molar-refractivity contribution in [2.75, 3.05) is 0 Å². The largest absolute Gasteiger partial charge is 0.467 e. The van der Waals surface area contributed by atoms with E-state index in [-0.39, 0.29) is 22.3 Å². The molecule has 0 aliphatic heterocycles. The number of carbonyl (C=O) groups is 1. The molecule has 5 nitrogen and oxygen atoms in total. The average molecular weight is 329 g/mol. The number of hydrogen-bond acceptors (Lipinski definition) is 4. The van der Waals surface area contributed by atoms with Crippen LogP contribution in [0.1, 0.15) is 35.6 Å². The molecule has 2 atom stereocenters. The normalized spacial score (nSPS) is 13.7. The molecule has 2 heterocycles. The fourth-order valence-corrected chi connectivity index (χ4v) is 2.35. The molecule has 0 aliphatic carbocycles. The Morgan fingerprint density at radius 1 is 1.43 bits per heavy atom. The monoisotopic (exact) mass is 328 g/mol. The highest BCUT2D eigenvalue weighted by Gasteiger charge is 2.17. The summed E-state index contributed by atoms with van der Waals surface area (Å²) in [5.74, 6) is 0.131. The number of nitrogens with one attached hydrogen (secondary N) is 1. The van der Waals surface area contributed by atoms with Crippen molar-refractivity contribution in [3.05, 3.63) is 52.2 Å². The van der Waals surface area contributed by atoms with Gasteiger partial charge in [0.25, 0.3) is 5.91 Å². The Labute approximate surface area is 131 Å². The minimum atomic E-state index is -0.778. The Kier molecular flexibility index (Phi) is 5.22. The summed E-state index contributed by atoms with van der Waals surface area (Å²) in [7, 11) is 0. The van der Waals surface area contributed by atoms with Gasteiger partial charge in [-0.05, 0) is 31.2 Å². The van der Waals surface area contributed by atoms with Crippen LogP contribution in [0.2, 0.25) is 10.3 Å². The standard InChI is InChI=1S/C14H14Cl2N2O3/c1-8(5-10(19)11-3-2-4-21-11)17-14(20)9-6-12(15)18-13(16)7-9/h2-4,6-8,10,19H,5H2,1H3,(H,17,20). The Hall–Kier alpha value is -1.56. The van der Waals surface area contributed by atoms with Crippen molar-refractivity contribution in [3.8, 4) is 0 Å². The number of aromatic nitrogens is 1. The van der Waals surface area contributed by atoms with Gasteiger partial charge in [0.1, 0.15) is 22.2 Å². The van der Waals surface area contributed by atoms with Crippen LogP contribution in [0.5, 0.6) is 0 Å². The molecule has 112 valence electrons. The van der Waals surface area contributed by atoms with Gasteiger partial charge in [-0.3, -0.25) is 4.79 Å². The molecule has 2 unspecified atom stereocenters. The Bertz CT molecular complexity index is 596. The quantitative estimate of drug-likeness (QED) is 0.826. The second kappa shape index (κ2) is 6.93. The van der Waals surface area contributed by atoms with Gasteiger partial charge in [-0.15, -0.1) is 0 Å². The summed E-state index contributed by atoms with van der Waals surface area (Å²) < 4.78 is 5.11. The molecule has 0 aromatic carbocycles. The molecule has 2 aromatic heterocycles. The van der Waals surface area contributed by atoms with Crippen LogP contribution in [0.4, 0.5) is 0 Å². The molecule has 0 bridgehead atoms. The predicted molar refractivity (Wildman–Crippen MR) is 79.5 cm³/mol. The van der Waals surface area contributed by atoms with E-state index in [9.17, 15) is 9.90 Å². The van der Waals surface area contributed by atoms with Crippen molar-refractivity contribution in [2.45, 2.75) is 25.5 Å². The third kappa shape index (κ3) is 4.46. The minimum Gasteiger partial charge on any atom is -0.467 e. The van der Waals surface area contributed by atoms with Crippen LogP contribution in [0.15, 0.2) is 34.9 Å². The van der Waals surface area contributed by atoms with Gasteiger partial charge in [0, 0.05) is 18.0 Å². The molecule has 1 amide bonds. The smallest absolute Gasteiger partial charge is 0.251 e. The van der Waals surface area contributed by atoms with Gasteiger partial charge < -0.3 is 14.8 Å². The first-order chi connectivity index (χ1) is 9.95. The molecule has 7 heteroatoms. The molecular formula is C14H14Cl2N2O3. The fourth-order valence-electron chi connectivity index (χ4n) is 1.89. The van der Waals surface area contributed by atoms with Gasteiger partial charge in [-0.25, -0.2) is 4.98 Å². The number of aliphatic hydroxyl groups excluding tert-OH is 1. The van der Waals surface area contributed by atoms with E-state index in [1.807, 2.05) is 0 Å². The van der Waals surface area contributed by atoms with E-state index in [0.29, 0.717) is 17.7 Å². The summed E-state index contributed by atoms with van der Waals surface area (Å²) in [4.78, 5) is 15.8. The van der Waals surface area contributed by atoms with Gasteiger partial charge in [-0.1, -0.05) is 23.2 Å².